The van der Waals surface area contributed by atoms with E-state index in [4.69, 9.17) is 0 Å². The highest BCUT2D eigenvalue weighted by molar-refractivity contribution is 5.36. The largest absolute Gasteiger partial charge is 0.381 e. The minimum absolute atomic E-state index is 0.159. The van der Waals surface area contributed by atoms with E-state index in [2.05, 4.69) is 0 Å². The van der Waals surface area contributed by atoms with E-state index in [0.29, 0.717) is 0 Å². The second kappa shape index (κ2) is 4.46. The Morgan fingerprint density at radius 2 is 1.67 bits per heavy atom. The van der Waals surface area contributed by atoms with Gasteiger partial charge in [-0.25, -0.2) is 13.2 Å². The van der Waals surface area contributed by atoms with Crippen molar-refractivity contribution in [3.8, 4) is 0 Å². The minimum atomic E-state index is -1.80. The first-order chi connectivity index (χ1) is 8.43. The van der Waals surface area contributed by atoms with Crippen LogP contribution in [-0.4, -0.2) is 5.11 Å². The van der Waals surface area contributed by atoms with Gasteiger partial charge in [-0.05, 0) is 30.7 Å². The summed E-state index contributed by atoms with van der Waals surface area (Å²) in [5, 5.41) is 10.3. The van der Waals surface area contributed by atoms with Gasteiger partial charge in [0.1, 0.15) is 11.4 Å². The van der Waals surface area contributed by atoms with Gasteiger partial charge < -0.3 is 5.11 Å². The normalized spacial score (nSPS) is 14.3. The fourth-order valence-electron chi connectivity index (χ4n) is 1.83. The Hall–Kier alpha value is -1.81. The van der Waals surface area contributed by atoms with E-state index in [1.54, 1.807) is 0 Å². The predicted molar refractivity (Wildman–Crippen MR) is 61.4 cm³/mol. The second-order valence-corrected chi connectivity index (χ2v) is 4.18. The van der Waals surface area contributed by atoms with Crippen LogP contribution in [-0.2, 0) is 5.60 Å². The summed E-state index contributed by atoms with van der Waals surface area (Å²) in [7, 11) is 0. The molecule has 0 heterocycles. The Morgan fingerprint density at radius 1 is 1.00 bits per heavy atom. The Morgan fingerprint density at radius 3 is 2.33 bits per heavy atom. The molecule has 0 spiro atoms. The summed E-state index contributed by atoms with van der Waals surface area (Å²) in [5.74, 6) is -2.74. The number of hydrogen-bond acceptors (Lipinski definition) is 1. The van der Waals surface area contributed by atoms with E-state index in [1.165, 1.54) is 37.3 Å². The van der Waals surface area contributed by atoms with Crippen molar-refractivity contribution in [2.75, 3.05) is 0 Å². The van der Waals surface area contributed by atoms with Crippen molar-refractivity contribution in [3.05, 3.63) is 71.0 Å². The van der Waals surface area contributed by atoms with Gasteiger partial charge in [-0.1, -0.05) is 24.3 Å². The van der Waals surface area contributed by atoms with Crippen molar-refractivity contribution >= 4 is 0 Å². The summed E-state index contributed by atoms with van der Waals surface area (Å²) in [5.41, 5.74) is -1.87. The highest BCUT2D eigenvalue weighted by Crippen LogP contribution is 2.31. The topological polar surface area (TPSA) is 20.2 Å². The van der Waals surface area contributed by atoms with Crippen LogP contribution in [0.3, 0.4) is 0 Å². The maximum Gasteiger partial charge on any atom is 0.165 e. The lowest BCUT2D eigenvalue weighted by molar-refractivity contribution is 0.0966. The lowest BCUT2D eigenvalue weighted by atomic mass is 9.88. The molecular formula is C14H11F3O. The van der Waals surface area contributed by atoms with Gasteiger partial charge in [0.05, 0.1) is 0 Å². The maximum atomic E-state index is 13.7. The van der Waals surface area contributed by atoms with Gasteiger partial charge in [-0.3, -0.25) is 0 Å². The van der Waals surface area contributed by atoms with E-state index in [0.717, 1.165) is 12.1 Å². The molecule has 0 fully saturated rings. The Kier molecular flexibility index (Phi) is 3.13. The van der Waals surface area contributed by atoms with Crippen LogP contribution in [0.5, 0.6) is 0 Å². The quantitative estimate of drug-likeness (QED) is 0.868. The summed E-state index contributed by atoms with van der Waals surface area (Å²) in [6.45, 7) is 1.29. The highest BCUT2D eigenvalue weighted by Gasteiger charge is 2.30. The molecule has 2 aromatic carbocycles. The molecule has 1 N–H and O–H groups in total. The molecule has 4 heteroatoms. The van der Waals surface area contributed by atoms with Crippen molar-refractivity contribution < 1.29 is 18.3 Å². The fourth-order valence-corrected chi connectivity index (χ4v) is 1.83. The van der Waals surface area contributed by atoms with Crippen molar-refractivity contribution in [3.63, 3.8) is 0 Å². The summed E-state index contributed by atoms with van der Waals surface area (Å²) in [6, 6.07) is 8.67. The van der Waals surface area contributed by atoms with E-state index in [9.17, 15) is 18.3 Å². The number of hydrogen-bond donors (Lipinski definition) is 1. The first-order valence-electron chi connectivity index (χ1n) is 5.36. The molecule has 0 aliphatic rings. The van der Waals surface area contributed by atoms with Gasteiger partial charge >= 0.3 is 0 Å². The molecule has 94 valence electrons. The van der Waals surface area contributed by atoms with E-state index < -0.39 is 23.1 Å². The first kappa shape index (κ1) is 12.6. The summed E-state index contributed by atoms with van der Waals surface area (Å²) < 4.78 is 39.9. The van der Waals surface area contributed by atoms with Crippen molar-refractivity contribution in [1.29, 1.82) is 0 Å². The van der Waals surface area contributed by atoms with Crippen molar-refractivity contribution in [1.82, 2.24) is 0 Å². The molecule has 0 bridgehead atoms. The molecule has 0 aliphatic carbocycles. The maximum absolute atomic E-state index is 13.7. The van der Waals surface area contributed by atoms with Crippen molar-refractivity contribution in [2.24, 2.45) is 0 Å². The molecule has 0 saturated heterocycles. The lowest BCUT2D eigenvalue weighted by Crippen LogP contribution is -2.25. The van der Waals surface area contributed by atoms with Gasteiger partial charge in [0.2, 0.25) is 0 Å². The van der Waals surface area contributed by atoms with Gasteiger partial charge in [0.15, 0.2) is 11.6 Å². The number of halogens is 3. The fraction of sp³-hybridized carbons (Fsp3) is 0.143. The standard InChI is InChI=1S/C14H11F3O/c1-14(18,9-4-2-5-10(15)8-9)11-6-3-7-12(16)13(11)17/h2-8,18H,1H3. The monoisotopic (exact) mass is 252 g/mol. The van der Waals surface area contributed by atoms with Crippen LogP contribution in [0.2, 0.25) is 0 Å². The molecule has 2 rings (SSSR count). The zero-order valence-corrected chi connectivity index (χ0v) is 9.62. The Bertz CT molecular complexity index is 579. The van der Waals surface area contributed by atoms with E-state index in [1.807, 2.05) is 0 Å². The Labute approximate surface area is 103 Å². The molecule has 0 aromatic heterocycles. The molecule has 0 saturated carbocycles. The van der Waals surface area contributed by atoms with Gasteiger partial charge in [0.25, 0.3) is 0 Å². The highest BCUT2D eigenvalue weighted by atomic mass is 19.2. The molecule has 18 heavy (non-hydrogen) atoms. The summed E-state index contributed by atoms with van der Waals surface area (Å²) in [6.07, 6.45) is 0. The molecule has 0 radical (unpaired) electrons. The van der Waals surface area contributed by atoms with Crippen LogP contribution in [0.25, 0.3) is 0 Å². The van der Waals surface area contributed by atoms with Crippen molar-refractivity contribution in [2.45, 2.75) is 12.5 Å². The van der Waals surface area contributed by atoms with Gasteiger partial charge in [-0.2, -0.15) is 0 Å². The first-order valence-corrected chi connectivity index (χ1v) is 5.36. The second-order valence-electron chi connectivity index (χ2n) is 4.18. The molecule has 0 amide bonds. The average molecular weight is 252 g/mol. The molecular weight excluding hydrogens is 241 g/mol. The van der Waals surface area contributed by atoms with Crippen LogP contribution in [0.1, 0.15) is 18.1 Å². The minimum Gasteiger partial charge on any atom is -0.381 e. The van der Waals surface area contributed by atoms with Crippen LogP contribution in [0.4, 0.5) is 13.2 Å². The SMILES string of the molecule is CC(O)(c1cccc(F)c1)c1cccc(F)c1F. The van der Waals surface area contributed by atoms with Crippen LogP contribution in [0.15, 0.2) is 42.5 Å². The zero-order valence-electron chi connectivity index (χ0n) is 9.62. The van der Waals surface area contributed by atoms with Crippen LogP contribution in [0, 0.1) is 17.5 Å². The predicted octanol–water partition coefficient (Wildman–Crippen LogP) is 3.36. The summed E-state index contributed by atoms with van der Waals surface area (Å²) in [4.78, 5) is 0. The lowest BCUT2D eigenvalue weighted by Gasteiger charge is -2.25. The number of aliphatic hydroxyl groups is 1. The third-order valence-corrected chi connectivity index (χ3v) is 2.86. The third kappa shape index (κ3) is 2.11. The zero-order chi connectivity index (χ0) is 13.3. The molecule has 1 atom stereocenters. The van der Waals surface area contributed by atoms with E-state index in [-0.39, 0.29) is 11.1 Å². The van der Waals surface area contributed by atoms with Crippen LogP contribution < -0.4 is 0 Å². The molecule has 1 unspecified atom stereocenters. The number of benzene rings is 2. The van der Waals surface area contributed by atoms with Gasteiger partial charge in [-0.15, -0.1) is 0 Å². The number of rotatable bonds is 2. The molecule has 1 nitrogen and oxygen atoms in total. The Balaban J connectivity index is 2.57. The van der Waals surface area contributed by atoms with E-state index >= 15 is 0 Å². The average Bonchev–Trinajstić information content (AvgIpc) is 2.32. The van der Waals surface area contributed by atoms with Gasteiger partial charge in [0, 0.05) is 5.56 Å². The smallest absolute Gasteiger partial charge is 0.165 e. The summed E-state index contributed by atoms with van der Waals surface area (Å²) >= 11 is 0. The molecule has 0 aliphatic heterocycles. The van der Waals surface area contributed by atoms with Crippen LogP contribution >= 0.6 is 0 Å². The third-order valence-electron chi connectivity index (χ3n) is 2.86. The molecule has 2 aromatic rings.